The van der Waals surface area contributed by atoms with Crippen molar-refractivity contribution in [3.63, 3.8) is 0 Å². The molecule has 4 rings (SSSR count). The molecule has 0 aliphatic carbocycles. The van der Waals surface area contributed by atoms with Crippen LogP contribution in [0.4, 0.5) is 5.69 Å². The lowest BCUT2D eigenvalue weighted by Crippen LogP contribution is -2.22. The highest BCUT2D eigenvalue weighted by molar-refractivity contribution is 9.10. The second-order valence-electron chi connectivity index (χ2n) is 7.83. The summed E-state index contributed by atoms with van der Waals surface area (Å²) in [6.07, 6.45) is 3.04. The average Bonchev–Trinajstić information content (AvgIpc) is 2.85. The first-order valence-corrected chi connectivity index (χ1v) is 13.0. The quantitative estimate of drug-likeness (QED) is 0.227. The molecule has 0 aliphatic heterocycles. The first-order valence-electron chi connectivity index (χ1n) is 11.1. The van der Waals surface area contributed by atoms with Crippen LogP contribution in [-0.2, 0) is 11.2 Å². The van der Waals surface area contributed by atoms with Crippen molar-refractivity contribution in [1.29, 1.82) is 0 Å². The molecule has 1 aromatic heterocycles. The van der Waals surface area contributed by atoms with Gasteiger partial charge in [0, 0.05) is 21.6 Å². The zero-order valence-electron chi connectivity index (χ0n) is 19.2. The topological polar surface area (TPSA) is 85.6 Å². The number of halogens is 3. The van der Waals surface area contributed by atoms with Crippen molar-refractivity contribution in [3.05, 3.63) is 96.4 Å². The fourth-order valence-electron chi connectivity index (χ4n) is 3.41. The Bertz CT molecular complexity index is 1500. The number of nitrogens with one attached hydrogen (secondary N) is 1. The van der Waals surface area contributed by atoms with E-state index in [1.54, 1.807) is 54.7 Å². The standard InChI is InChI=1S/C26H21Br2ClN4O3/c1-2-3-24-32-22-10-5-17(27)13-20(22)26(35)33(24)30-14-16-4-11-23(21(28)12-16)36-15-25(34)31-19-8-6-18(29)7-9-19/h4-14H,2-3,15H2,1H3,(H,31,34). The molecule has 0 atom stereocenters. The number of carbonyl (C=O) groups is 1. The van der Waals surface area contributed by atoms with Crippen LogP contribution in [0.5, 0.6) is 5.75 Å². The molecule has 184 valence electrons. The highest BCUT2D eigenvalue weighted by Crippen LogP contribution is 2.26. The van der Waals surface area contributed by atoms with Gasteiger partial charge in [-0.2, -0.15) is 9.78 Å². The largest absolute Gasteiger partial charge is 0.483 e. The molecule has 10 heteroatoms. The van der Waals surface area contributed by atoms with Crippen LogP contribution in [0.25, 0.3) is 10.9 Å². The van der Waals surface area contributed by atoms with Gasteiger partial charge < -0.3 is 10.1 Å². The van der Waals surface area contributed by atoms with Crippen LogP contribution < -0.4 is 15.6 Å². The van der Waals surface area contributed by atoms with Crippen LogP contribution in [0.3, 0.4) is 0 Å². The molecule has 4 aromatic rings. The maximum atomic E-state index is 13.1. The Labute approximate surface area is 229 Å². The molecule has 0 saturated heterocycles. The number of rotatable bonds is 8. The van der Waals surface area contributed by atoms with Crippen LogP contribution in [-0.4, -0.2) is 28.4 Å². The zero-order valence-corrected chi connectivity index (χ0v) is 23.1. The van der Waals surface area contributed by atoms with Crippen molar-refractivity contribution >= 4 is 72.2 Å². The summed E-state index contributed by atoms with van der Waals surface area (Å²) in [5.74, 6) is 0.798. The highest BCUT2D eigenvalue weighted by atomic mass is 79.9. The Morgan fingerprint density at radius 1 is 1.14 bits per heavy atom. The molecule has 1 heterocycles. The Hall–Kier alpha value is -3.01. The van der Waals surface area contributed by atoms with Crippen molar-refractivity contribution in [3.8, 4) is 5.75 Å². The van der Waals surface area contributed by atoms with Crippen molar-refractivity contribution in [2.24, 2.45) is 5.10 Å². The van der Waals surface area contributed by atoms with Crippen LogP contribution in [0, 0.1) is 0 Å². The van der Waals surface area contributed by atoms with E-state index in [1.165, 1.54) is 4.68 Å². The highest BCUT2D eigenvalue weighted by Gasteiger charge is 2.11. The van der Waals surface area contributed by atoms with E-state index in [0.717, 1.165) is 16.5 Å². The van der Waals surface area contributed by atoms with Gasteiger partial charge in [0.05, 0.1) is 21.6 Å². The smallest absolute Gasteiger partial charge is 0.282 e. The van der Waals surface area contributed by atoms with E-state index in [1.807, 2.05) is 19.1 Å². The molecule has 0 radical (unpaired) electrons. The molecular weight excluding hydrogens is 612 g/mol. The van der Waals surface area contributed by atoms with Crippen LogP contribution >= 0.6 is 43.5 Å². The number of benzene rings is 3. The van der Waals surface area contributed by atoms with E-state index in [9.17, 15) is 9.59 Å². The van der Waals surface area contributed by atoms with Gasteiger partial charge >= 0.3 is 0 Å². The minimum atomic E-state index is -0.298. The first-order chi connectivity index (χ1) is 17.3. The number of nitrogens with zero attached hydrogens (tertiary/aromatic N) is 3. The van der Waals surface area contributed by atoms with Crippen molar-refractivity contribution in [2.75, 3.05) is 11.9 Å². The van der Waals surface area contributed by atoms with Gasteiger partial charge in [-0.15, -0.1) is 0 Å². The number of hydrogen-bond donors (Lipinski definition) is 1. The van der Waals surface area contributed by atoms with Gasteiger partial charge in [-0.05, 0) is 88.6 Å². The third-order valence-corrected chi connectivity index (χ3v) is 6.48. The van der Waals surface area contributed by atoms with Gasteiger partial charge in [0.2, 0.25) is 0 Å². The number of carbonyl (C=O) groups excluding carboxylic acids is 1. The number of fused-ring (bicyclic) bond motifs is 1. The predicted molar refractivity (Wildman–Crippen MR) is 150 cm³/mol. The molecule has 36 heavy (non-hydrogen) atoms. The molecule has 0 unspecified atom stereocenters. The summed E-state index contributed by atoms with van der Waals surface area (Å²) in [7, 11) is 0. The summed E-state index contributed by atoms with van der Waals surface area (Å²) in [6.45, 7) is 1.86. The van der Waals surface area contributed by atoms with E-state index < -0.39 is 0 Å². The number of hydrogen-bond acceptors (Lipinski definition) is 5. The number of ether oxygens (including phenoxy) is 1. The molecular formula is C26H21Br2ClN4O3. The molecule has 0 bridgehead atoms. The number of anilines is 1. The molecule has 0 aliphatic rings. The minimum absolute atomic E-state index is 0.164. The molecule has 7 nitrogen and oxygen atoms in total. The lowest BCUT2D eigenvalue weighted by atomic mass is 10.2. The minimum Gasteiger partial charge on any atom is -0.483 e. The third-order valence-electron chi connectivity index (χ3n) is 5.11. The van der Waals surface area contributed by atoms with Crippen molar-refractivity contribution in [2.45, 2.75) is 19.8 Å². The van der Waals surface area contributed by atoms with E-state index >= 15 is 0 Å². The van der Waals surface area contributed by atoms with E-state index in [2.05, 4.69) is 47.3 Å². The summed E-state index contributed by atoms with van der Waals surface area (Å²) in [6, 6.07) is 17.6. The maximum Gasteiger partial charge on any atom is 0.282 e. The van der Waals surface area contributed by atoms with Crippen LogP contribution in [0.1, 0.15) is 24.7 Å². The van der Waals surface area contributed by atoms with Gasteiger partial charge in [0.15, 0.2) is 6.61 Å². The fraction of sp³-hybridized carbons (Fsp3) is 0.154. The van der Waals surface area contributed by atoms with Gasteiger partial charge in [-0.25, -0.2) is 4.98 Å². The Kier molecular flexibility index (Phi) is 8.56. The second kappa shape index (κ2) is 11.8. The summed E-state index contributed by atoms with van der Waals surface area (Å²) in [5.41, 5.74) is 1.78. The maximum absolute atomic E-state index is 13.1. The van der Waals surface area contributed by atoms with E-state index in [0.29, 0.717) is 44.1 Å². The Morgan fingerprint density at radius 2 is 1.92 bits per heavy atom. The monoisotopic (exact) mass is 630 g/mol. The summed E-state index contributed by atoms with van der Waals surface area (Å²) in [5, 5.41) is 8.26. The molecule has 1 N–H and O–H groups in total. The number of aryl methyl sites for hydroxylation is 1. The fourth-order valence-corrected chi connectivity index (χ4v) is 4.41. The van der Waals surface area contributed by atoms with Crippen molar-refractivity contribution in [1.82, 2.24) is 9.66 Å². The number of aromatic nitrogens is 2. The third kappa shape index (κ3) is 6.40. The van der Waals surface area contributed by atoms with E-state index in [-0.39, 0.29) is 18.1 Å². The lowest BCUT2D eigenvalue weighted by Gasteiger charge is -2.10. The predicted octanol–water partition coefficient (Wildman–Crippen LogP) is 6.43. The lowest BCUT2D eigenvalue weighted by molar-refractivity contribution is -0.118. The normalized spacial score (nSPS) is 11.2. The average molecular weight is 633 g/mol. The van der Waals surface area contributed by atoms with E-state index in [4.69, 9.17) is 16.3 Å². The Morgan fingerprint density at radius 3 is 2.64 bits per heavy atom. The number of amides is 1. The van der Waals surface area contributed by atoms with Crippen molar-refractivity contribution < 1.29 is 9.53 Å². The van der Waals surface area contributed by atoms with Gasteiger partial charge in [-0.1, -0.05) is 34.5 Å². The summed E-state index contributed by atoms with van der Waals surface area (Å²) in [4.78, 5) is 30.0. The van der Waals surface area contributed by atoms with Gasteiger partial charge in [-0.3, -0.25) is 9.59 Å². The Balaban J connectivity index is 1.49. The summed E-state index contributed by atoms with van der Waals surface area (Å²) < 4.78 is 8.43. The van der Waals surface area contributed by atoms with Gasteiger partial charge in [0.25, 0.3) is 11.5 Å². The molecule has 0 saturated carbocycles. The van der Waals surface area contributed by atoms with Crippen LogP contribution in [0.2, 0.25) is 5.02 Å². The van der Waals surface area contributed by atoms with Gasteiger partial charge in [0.1, 0.15) is 11.6 Å². The van der Waals surface area contributed by atoms with Crippen LogP contribution in [0.15, 0.2) is 79.5 Å². The molecule has 0 fully saturated rings. The second-order valence-corrected chi connectivity index (χ2v) is 10.0. The molecule has 1 amide bonds. The molecule has 3 aromatic carbocycles. The SMILES string of the molecule is CCCc1nc2ccc(Br)cc2c(=O)n1N=Cc1ccc(OCC(=O)Nc2ccc(Cl)cc2)c(Br)c1. The first kappa shape index (κ1) is 26.1. The zero-order chi connectivity index (χ0) is 25.7. The molecule has 0 spiro atoms. The summed E-state index contributed by atoms with van der Waals surface area (Å²) >= 11 is 12.7.